The van der Waals surface area contributed by atoms with Gasteiger partial charge in [-0.3, -0.25) is 24.6 Å². The third-order valence-electron chi connectivity index (χ3n) is 6.13. The number of nitrogens with zero attached hydrogens (tertiary/aromatic N) is 3. The lowest BCUT2D eigenvalue weighted by Gasteiger charge is -2.32. The summed E-state index contributed by atoms with van der Waals surface area (Å²) in [5.74, 6) is -3.82. The quantitative estimate of drug-likeness (QED) is 0.355. The van der Waals surface area contributed by atoms with Crippen LogP contribution in [0.1, 0.15) is 11.1 Å². The standard InChI is InChI=1S/C23H14Cl2FN3O6S/c24-14-3-1-13(2-4-14)11-27-20-8-6-16(29(32)33)9-17(20)23(22(27)31)28(21(30)12-36(23,34)35)15-5-7-19(26)18(25)10-15/h1-10H,11-12H2/t23-/m0/s1. The molecule has 0 radical (unpaired) electrons. The van der Waals surface area contributed by atoms with E-state index in [2.05, 4.69) is 0 Å². The molecule has 0 aliphatic carbocycles. The Bertz CT molecular complexity index is 1580. The summed E-state index contributed by atoms with van der Waals surface area (Å²) in [4.78, 5) is 37.3. The van der Waals surface area contributed by atoms with Gasteiger partial charge in [-0.1, -0.05) is 35.3 Å². The number of non-ortho nitro benzene ring substituents is 1. The van der Waals surface area contributed by atoms with Gasteiger partial charge in [-0.2, -0.15) is 0 Å². The topological polar surface area (TPSA) is 118 Å². The van der Waals surface area contributed by atoms with Gasteiger partial charge in [0.05, 0.1) is 22.2 Å². The van der Waals surface area contributed by atoms with Crippen LogP contribution in [0.15, 0.2) is 60.7 Å². The van der Waals surface area contributed by atoms with Crippen LogP contribution in [0, 0.1) is 15.9 Å². The third kappa shape index (κ3) is 3.38. The Morgan fingerprint density at radius 3 is 2.36 bits per heavy atom. The Morgan fingerprint density at radius 2 is 1.72 bits per heavy atom. The van der Waals surface area contributed by atoms with E-state index in [-0.39, 0.29) is 23.5 Å². The fourth-order valence-corrected chi connectivity index (χ4v) is 6.92. The van der Waals surface area contributed by atoms with E-state index in [0.717, 1.165) is 40.1 Å². The number of hydrogen-bond acceptors (Lipinski definition) is 6. The number of rotatable bonds is 4. The van der Waals surface area contributed by atoms with Gasteiger partial charge in [-0.25, -0.2) is 12.8 Å². The Labute approximate surface area is 213 Å². The number of fused-ring (bicyclic) bond motifs is 2. The van der Waals surface area contributed by atoms with Gasteiger partial charge in [0.2, 0.25) is 5.91 Å². The van der Waals surface area contributed by atoms with Crippen molar-refractivity contribution in [1.82, 2.24) is 0 Å². The molecular weight excluding hydrogens is 536 g/mol. The van der Waals surface area contributed by atoms with Crippen LogP contribution >= 0.6 is 23.2 Å². The first-order valence-corrected chi connectivity index (χ1v) is 12.7. The molecule has 2 aliphatic heterocycles. The maximum absolute atomic E-state index is 14.1. The van der Waals surface area contributed by atoms with Crippen LogP contribution in [-0.2, 0) is 30.8 Å². The lowest BCUT2D eigenvalue weighted by atomic mass is 10.0. The number of carbonyl (C=O) groups is 2. The van der Waals surface area contributed by atoms with E-state index in [1.807, 2.05) is 0 Å². The molecule has 0 aromatic heterocycles. The molecule has 1 spiro atoms. The third-order valence-corrected chi connectivity index (χ3v) is 8.77. The van der Waals surface area contributed by atoms with E-state index in [1.165, 1.54) is 6.07 Å². The average Bonchev–Trinajstić information content (AvgIpc) is 3.19. The molecule has 9 nitrogen and oxygen atoms in total. The molecule has 36 heavy (non-hydrogen) atoms. The van der Waals surface area contributed by atoms with Crippen LogP contribution in [-0.4, -0.2) is 30.9 Å². The Kier molecular flexibility index (Phi) is 5.54. The molecule has 1 saturated heterocycles. The number of carbonyl (C=O) groups excluding carboxylic acids is 2. The zero-order valence-corrected chi connectivity index (χ0v) is 20.3. The van der Waals surface area contributed by atoms with E-state index >= 15 is 0 Å². The zero-order chi connectivity index (χ0) is 26.0. The number of anilines is 2. The summed E-state index contributed by atoms with van der Waals surface area (Å²) in [6.07, 6.45) is 0. The minimum atomic E-state index is -4.59. The first kappa shape index (κ1) is 24.2. The fourth-order valence-electron chi connectivity index (χ4n) is 4.59. The van der Waals surface area contributed by atoms with Crippen molar-refractivity contribution in [3.05, 3.63) is 97.8 Å². The van der Waals surface area contributed by atoms with E-state index in [9.17, 15) is 32.5 Å². The predicted molar refractivity (Wildman–Crippen MR) is 130 cm³/mol. The highest BCUT2D eigenvalue weighted by molar-refractivity contribution is 7.94. The number of hydrogen-bond donors (Lipinski definition) is 0. The van der Waals surface area contributed by atoms with E-state index in [4.69, 9.17) is 23.2 Å². The molecule has 2 aliphatic rings. The number of sulfone groups is 1. The highest BCUT2D eigenvalue weighted by Gasteiger charge is 2.70. The summed E-state index contributed by atoms with van der Waals surface area (Å²) >= 11 is 11.8. The second-order valence-electron chi connectivity index (χ2n) is 8.21. The molecule has 1 atom stereocenters. The summed E-state index contributed by atoms with van der Waals surface area (Å²) in [6, 6.07) is 12.9. The molecule has 0 N–H and O–H groups in total. The van der Waals surface area contributed by atoms with Crippen molar-refractivity contribution in [3.63, 3.8) is 0 Å². The van der Waals surface area contributed by atoms with Gasteiger partial charge in [0.25, 0.3) is 16.5 Å². The number of halogens is 3. The predicted octanol–water partition coefficient (Wildman–Crippen LogP) is 4.20. The van der Waals surface area contributed by atoms with Gasteiger partial charge >= 0.3 is 0 Å². The van der Waals surface area contributed by atoms with Gasteiger partial charge in [0.1, 0.15) is 11.6 Å². The molecule has 5 rings (SSSR count). The van der Waals surface area contributed by atoms with Crippen molar-refractivity contribution < 1.29 is 27.3 Å². The molecule has 1 fully saturated rings. The van der Waals surface area contributed by atoms with Crippen LogP contribution in [0.3, 0.4) is 0 Å². The van der Waals surface area contributed by atoms with Gasteiger partial charge < -0.3 is 4.90 Å². The highest BCUT2D eigenvalue weighted by Crippen LogP contribution is 2.53. The van der Waals surface area contributed by atoms with Crippen molar-refractivity contribution in [2.75, 3.05) is 15.6 Å². The molecule has 0 bridgehead atoms. The molecule has 13 heteroatoms. The SMILES string of the molecule is O=C1CS(=O)(=O)[C@@]2(C(=O)N(Cc3ccc(Cl)cc3)c3ccc([N+](=O)[O-])cc32)N1c1ccc(F)c(Cl)c1. The maximum atomic E-state index is 14.1. The van der Waals surface area contributed by atoms with Gasteiger partial charge in [0.15, 0.2) is 9.84 Å². The molecule has 184 valence electrons. The van der Waals surface area contributed by atoms with Gasteiger partial charge in [-0.15, -0.1) is 0 Å². The lowest BCUT2D eigenvalue weighted by Crippen LogP contribution is -2.54. The van der Waals surface area contributed by atoms with Crippen LogP contribution in [0.2, 0.25) is 10.0 Å². The van der Waals surface area contributed by atoms with Crippen molar-refractivity contribution in [2.24, 2.45) is 0 Å². The van der Waals surface area contributed by atoms with Crippen LogP contribution in [0.25, 0.3) is 0 Å². The smallest absolute Gasteiger partial charge is 0.274 e. The Morgan fingerprint density at radius 1 is 1.03 bits per heavy atom. The summed E-state index contributed by atoms with van der Waals surface area (Å²) in [7, 11) is -4.59. The molecule has 3 aromatic rings. The molecule has 0 unspecified atom stereocenters. The van der Waals surface area contributed by atoms with E-state index < -0.39 is 53.7 Å². The minimum absolute atomic E-state index is 0.0806. The Hall–Kier alpha value is -3.54. The summed E-state index contributed by atoms with van der Waals surface area (Å²) < 4.78 is 41.1. The minimum Gasteiger partial charge on any atom is -0.304 e. The largest absolute Gasteiger partial charge is 0.304 e. The molecule has 0 saturated carbocycles. The first-order valence-electron chi connectivity index (χ1n) is 10.3. The van der Waals surface area contributed by atoms with Gasteiger partial charge in [0, 0.05) is 28.4 Å². The monoisotopic (exact) mass is 549 g/mol. The maximum Gasteiger partial charge on any atom is 0.274 e. The second kappa shape index (κ2) is 8.26. The van der Waals surface area contributed by atoms with Crippen molar-refractivity contribution in [3.8, 4) is 0 Å². The molecular formula is C23H14Cl2FN3O6S. The van der Waals surface area contributed by atoms with E-state index in [0.29, 0.717) is 10.6 Å². The number of amides is 2. The fraction of sp³-hybridized carbons (Fsp3) is 0.130. The van der Waals surface area contributed by atoms with Crippen molar-refractivity contribution in [2.45, 2.75) is 11.4 Å². The van der Waals surface area contributed by atoms with Crippen LogP contribution < -0.4 is 9.80 Å². The second-order valence-corrected chi connectivity index (χ2v) is 11.2. The normalized spacial score (nSPS) is 20.3. The Balaban J connectivity index is 1.79. The number of nitro benzene ring substituents is 1. The van der Waals surface area contributed by atoms with Crippen LogP contribution in [0.4, 0.5) is 21.5 Å². The summed E-state index contributed by atoms with van der Waals surface area (Å²) in [5.41, 5.74) is -0.196. The molecule has 2 amide bonds. The zero-order valence-electron chi connectivity index (χ0n) is 18.0. The average molecular weight is 550 g/mol. The van der Waals surface area contributed by atoms with Crippen LogP contribution in [0.5, 0.6) is 0 Å². The number of benzene rings is 3. The molecule has 2 heterocycles. The summed E-state index contributed by atoms with van der Waals surface area (Å²) in [6.45, 7) is -0.107. The first-order chi connectivity index (χ1) is 17.0. The summed E-state index contributed by atoms with van der Waals surface area (Å²) in [5, 5.41) is 11.6. The van der Waals surface area contributed by atoms with Crippen molar-refractivity contribution in [1.29, 1.82) is 0 Å². The van der Waals surface area contributed by atoms with Crippen molar-refractivity contribution >= 4 is 61.9 Å². The highest BCUT2D eigenvalue weighted by atomic mass is 35.5. The molecule has 3 aromatic carbocycles. The van der Waals surface area contributed by atoms with Gasteiger partial charge in [-0.05, 0) is 42.0 Å². The van der Waals surface area contributed by atoms with E-state index in [1.54, 1.807) is 24.3 Å². The number of nitro groups is 1. The lowest BCUT2D eigenvalue weighted by molar-refractivity contribution is -0.384.